The van der Waals surface area contributed by atoms with Crippen LogP contribution in [0.1, 0.15) is 10.5 Å². The number of carbonyl (C=O) groups is 2. The standard InChI is InChI=1S/C14H16N2O4/c1-20-7-6-16(9-13(17)18)14(19)12-8-10-4-2-3-5-11(10)15-12/h2-5,8,15H,6-7,9H2,1H3,(H,17,18). The van der Waals surface area contributed by atoms with Crippen LogP contribution in [0.25, 0.3) is 10.9 Å². The van der Waals surface area contributed by atoms with Crippen LogP contribution in [0.5, 0.6) is 0 Å². The molecular weight excluding hydrogens is 260 g/mol. The van der Waals surface area contributed by atoms with Crippen LogP contribution < -0.4 is 0 Å². The van der Waals surface area contributed by atoms with E-state index in [-0.39, 0.29) is 19.0 Å². The number of ether oxygens (including phenoxy) is 1. The van der Waals surface area contributed by atoms with Gasteiger partial charge in [0.15, 0.2) is 0 Å². The fourth-order valence-corrected chi connectivity index (χ4v) is 1.98. The Morgan fingerprint density at radius 1 is 1.35 bits per heavy atom. The van der Waals surface area contributed by atoms with Crippen molar-refractivity contribution < 1.29 is 19.4 Å². The molecule has 1 heterocycles. The summed E-state index contributed by atoms with van der Waals surface area (Å²) in [5.74, 6) is -1.40. The number of rotatable bonds is 6. The monoisotopic (exact) mass is 276 g/mol. The highest BCUT2D eigenvalue weighted by molar-refractivity contribution is 5.99. The highest BCUT2D eigenvalue weighted by Crippen LogP contribution is 2.16. The maximum Gasteiger partial charge on any atom is 0.323 e. The average molecular weight is 276 g/mol. The Hall–Kier alpha value is -2.34. The van der Waals surface area contributed by atoms with Crippen LogP contribution in [-0.2, 0) is 9.53 Å². The van der Waals surface area contributed by atoms with Crippen molar-refractivity contribution >= 4 is 22.8 Å². The lowest BCUT2D eigenvalue weighted by molar-refractivity contribution is -0.137. The van der Waals surface area contributed by atoms with Crippen LogP contribution in [0.2, 0.25) is 0 Å². The van der Waals surface area contributed by atoms with E-state index in [0.29, 0.717) is 12.3 Å². The van der Waals surface area contributed by atoms with E-state index in [1.54, 1.807) is 6.07 Å². The lowest BCUT2D eigenvalue weighted by Crippen LogP contribution is -2.38. The lowest BCUT2D eigenvalue weighted by atomic mass is 10.2. The number of nitrogens with zero attached hydrogens (tertiary/aromatic N) is 1. The molecule has 0 unspecified atom stereocenters. The van der Waals surface area contributed by atoms with Gasteiger partial charge in [-0.25, -0.2) is 0 Å². The first-order valence-corrected chi connectivity index (χ1v) is 6.19. The molecule has 0 aliphatic rings. The summed E-state index contributed by atoms with van der Waals surface area (Å²) in [4.78, 5) is 27.4. The average Bonchev–Trinajstić information content (AvgIpc) is 2.86. The number of aromatic amines is 1. The molecular formula is C14H16N2O4. The number of methoxy groups -OCH3 is 1. The second-order valence-corrected chi connectivity index (χ2v) is 4.38. The maximum atomic E-state index is 12.3. The number of fused-ring (bicyclic) bond motifs is 1. The highest BCUT2D eigenvalue weighted by Gasteiger charge is 2.19. The van der Waals surface area contributed by atoms with Crippen LogP contribution in [0, 0.1) is 0 Å². The third kappa shape index (κ3) is 3.16. The summed E-state index contributed by atoms with van der Waals surface area (Å²) in [5.41, 5.74) is 1.22. The van der Waals surface area contributed by atoms with Gasteiger partial charge in [-0.15, -0.1) is 0 Å². The van der Waals surface area contributed by atoms with Crippen molar-refractivity contribution in [2.24, 2.45) is 0 Å². The number of hydrogen-bond acceptors (Lipinski definition) is 3. The SMILES string of the molecule is COCCN(CC(=O)O)C(=O)c1cc2ccccc2[nH]1. The molecule has 0 radical (unpaired) electrons. The number of para-hydroxylation sites is 1. The van der Waals surface area contributed by atoms with Gasteiger partial charge < -0.3 is 19.7 Å². The van der Waals surface area contributed by atoms with E-state index in [2.05, 4.69) is 4.98 Å². The summed E-state index contributed by atoms with van der Waals surface area (Å²) in [6, 6.07) is 9.22. The summed E-state index contributed by atoms with van der Waals surface area (Å²) in [7, 11) is 1.51. The number of nitrogens with one attached hydrogen (secondary N) is 1. The predicted octanol–water partition coefficient (Wildman–Crippen LogP) is 1.34. The van der Waals surface area contributed by atoms with Crippen LogP contribution >= 0.6 is 0 Å². The van der Waals surface area contributed by atoms with Gasteiger partial charge in [0.1, 0.15) is 12.2 Å². The van der Waals surface area contributed by atoms with E-state index in [1.807, 2.05) is 24.3 Å². The van der Waals surface area contributed by atoms with E-state index < -0.39 is 5.97 Å². The van der Waals surface area contributed by atoms with Crippen LogP contribution in [-0.4, -0.2) is 53.7 Å². The van der Waals surface area contributed by atoms with Gasteiger partial charge in [0.2, 0.25) is 0 Å². The fraction of sp³-hybridized carbons (Fsp3) is 0.286. The van der Waals surface area contributed by atoms with E-state index in [1.165, 1.54) is 12.0 Å². The molecule has 0 bridgehead atoms. The van der Waals surface area contributed by atoms with Crippen molar-refractivity contribution in [3.63, 3.8) is 0 Å². The van der Waals surface area contributed by atoms with Crippen LogP contribution in [0.3, 0.4) is 0 Å². The van der Waals surface area contributed by atoms with Crippen molar-refractivity contribution in [1.29, 1.82) is 0 Å². The molecule has 106 valence electrons. The Bertz CT molecular complexity index is 587. The van der Waals surface area contributed by atoms with Gasteiger partial charge in [-0.05, 0) is 12.1 Å². The minimum atomic E-state index is -1.05. The highest BCUT2D eigenvalue weighted by atomic mass is 16.5. The van der Waals surface area contributed by atoms with Gasteiger partial charge in [0.25, 0.3) is 5.91 Å². The molecule has 6 heteroatoms. The molecule has 2 aromatic rings. The topological polar surface area (TPSA) is 82.6 Å². The molecule has 0 saturated carbocycles. The zero-order valence-electron chi connectivity index (χ0n) is 11.1. The van der Waals surface area contributed by atoms with E-state index in [0.717, 1.165) is 10.9 Å². The molecule has 6 nitrogen and oxygen atoms in total. The molecule has 0 aliphatic heterocycles. The largest absolute Gasteiger partial charge is 0.480 e. The lowest BCUT2D eigenvalue weighted by Gasteiger charge is -2.19. The molecule has 20 heavy (non-hydrogen) atoms. The Labute approximate surface area is 116 Å². The number of aliphatic carboxylic acids is 1. The van der Waals surface area contributed by atoms with Crippen molar-refractivity contribution in [3.05, 3.63) is 36.0 Å². The van der Waals surface area contributed by atoms with Gasteiger partial charge in [-0.2, -0.15) is 0 Å². The Morgan fingerprint density at radius 3 is 2.75 bits per heavy atom. The molecule has 0 atom stereocenters. The van der Waals surface area contributed by atoms with Gasteiger partial charge in [-0.3, -0.25) is 9.59 Å². The number of carbonyl (C=O) groups excluding carboxylic acids is 1. The first kappa shape index (κ1) is 14.1. The Balaban J connectivity index is 2.22. The summed E-state index contributed by atoms with van der Waals surface area (Å²) in [6.45, 7) is 0.174. The molecule has 0 saturated heterocycles. The molecule has 1 aromatic carbocycles. The smallest absolute Gasteiger partial charge is 0.323 e. The minimum Gasteiger partial charge on any atom is -0.480 e. The number of aromatic nitrogens is 1. The molecule has 2 N–H and O–H groups in total. The summed E-state index contributed by atoms with van der Waals surface area (Å²) in [6.07, 6.45) is 0. The molecule has 1 aromatic heterocycles. The Morgan fingerprint density at radius 2 is 2.10 bits per heavy atom. The quantitative estimate of drug-likeness (QED) is 0.834. The number of hydrogen-bond donors (Lipinski definition) is 2. The summed E-state index contributed by atoms with van der Waals surface area (Å²) < 4.78 is 4.90. The van der Waals surface area contributed by atoms with Crippen molar-refractivity contribution in [3.8, 4) is 0 Å². The number of H-pyrrole nitrogens is 1. The Kier molecular flexibility index (Phi) is 4.37. The zero-order chi connectivity index (χ0) is 14.5. The van der Waals surface area contributed by atoms with E-state index in [9.17, 15) is 9.59 Å². The second kappa shape index (κ2) is 6.21. The number of carboxylic acids is 1. The third-order valence-corrected chi connectivity index (χ3v) is 2.94. The van der Waals surface area contributed by atoms with Gasteiger partial charge in [-0.1, -0.05) is 18.2 Å². The molecule has 0 fully saturated rings. The van der Waals surface area contributed by atoms with Crippen molar-refractivity contribution in [2.45, 2.75) is 0 Å². The molecule has 0 aliphatic carbocycles. The van der Waals surface area contributed by atoms with Crippen LogP contribution in [0.4, 0.5) is 0 Å². The van der Waals surface area contributed by atoms with Gasteiger partial charge in [0, 0.05) is 24.6 Å². The van der Waals surface area contributed by atoms with Crippen LogP contribution in [0.15, 0.2) is 30.3 Å². The maximum absolute atomic E-state index is 12.3. The summed E-state index contributed by atoms with van der Waals surface area (Å²) in [5, 5.41) is 9.79. The normalized spacial score (nSPS) is 10.7. The number of benzene rings is 1. The minimum absolute atomic E-state index is 0.233. The third-order valence-electron chi connectivity index (χ3n) is 2.94. The summed E-state index contributed by atoms with van der Waals surface area (Å²) >= 11 is 0. The number of amides is 1. The first-order chi connectivity index (χ1) is 9.61. The van der Waals surface area contributed by atoms with Crippen molar-refractivity contribution in [1.82, 2.24) is 9.88 Å². The van der Waals surface area contributed by atoms with E-state index >= 15 is 0 Å². The molecule has 0 spiro atoms. The molecule has 2 rings (SSSR count). The second-order valence-electron chi connectivity index (χ2n) is 4.38. The molecule has 1 amide bonds. The van der Waals surface area contributed by atoms with Gasteiger partial charge >= 0.3 is 5.97 Å². The predicted molar refractivity (Wildman–Crippen MR) is 73.7 cm³/mol. The fourth-order valence-electron chi connectivity index (χ4n) is 1.98. The van der Waals surface area contributed by atoms with E-state index in [4.69, 9.17) is 9.84 Å². The zero-order valence-corrected chi connectivity index (χ0v) is 11.1. The number of carboxylic acid groups (broad SMARTS) is 1. The van der Waals surface area contributed by atoms with Crippen molar-refractivity contribution in [2.75, 3.05) is 26.8 Å². The van der Waals surface area contributed by atoms with Gasteiger partial charge in [0.05, 0.1) is 6.61 Å². The first-order valence-electron chi connectivity index (χ1n) is 6.19.